The van der Waals surface area contributed by atoms with Crippen LogP contribution >= 0.6 is 22.9 Å². The molecule has 10 heteroatoms. The number of nitrogens with one attached hydrogen (secondary N) is 1. The van der Waals surface area contributed by atoms with Gasteiger partial charge in [0.1, 0.15) is 0 Å². The number of anilines is 1. The van der Waals surface area contributed by atoms with Gasteiger partial charge in [-0.3, -0.25) is 0 Å². The van der Waals surface area contributed by atoms with E-state index in [2.05, 4.69) is 5.32 Å². The Balaban J connectivity index is 2.20. The van der Waals surface area contributed by atoms with Crippen LogP contribution in [0.5, 0.6) is 5.75 Å². The summed E-state index contributed by atoms with van der Waals surface area (Å²) < 4.78 is 27.6. The van der Waals surface area contributed by atoms with E-state index in [4.69, 9.17) is 15.3 Å². The van der Waals surface area contributed by atoms with E-state index < -0.39 is 26.0 Å². The van der Waals surface area contributed by atoms with Crippen LogP contribution in [0.3, 0.4) is 0 Å². The van der Waals surface area contributed by atoms with Crippen molar-refractivity contribution < 1.29 is 26.3 Å². The van der Waals surface area contributed by atoms with Gasteiger partial charge in [0.2, 0.25) is 0 Å². The fourth-order valence-corrected chi connectivity index (χ4v) is 5.08. The molecule has 0 fully saturated rings. The van der Waals surface area contributed by atoms with E-state index in [0.29, 0.717) is 9.21 Å². The fraction of sp³-hybridized carbons (Fsp3) is 0.0667. The summed E-state index contributed by atoms with van der Waals surface area (Å²) in [5.41, 5.74) is -0.0979. The Kier molecular flexibility index (Phi) is 6.13. The van der Waals surface area contributed by atoms with Crippen LogP contribution in [-0.2, 0) is 17.1 Å². The standard InChI is InChI=1S/C15H13AsClNO6S/c1-9(19)18-13-8-10(20)2-5-12(13)16(22,23)24-15(21)7-4-11-3-6-14(17)25-11/h2-8,20H,1H3,(H,18,19)(H,22,23). The molecule has 1 unspecified atom stereocenters. The van der Waals surface area contributed by atoms with E-state index in [1.807, 2.05) is 0 Å². The molecule has 132 valence electrons. The van der Waals surface area contributed by atoms with Crippen molar-refractivity contribution in [2.45, 2.75) is 6.92 Å². The Morgan fingerprint density at radius 1 is 1.32 bits per heavy atom. The molecule has 0 saturated carbocycles. The van der Waals surface area contributed by atoms with Crippen molar-refractivity contribution in [1.29, 1.82) is 0 Å². The van der Waals surface area contributed by atoms with Crippen molar-refractivity contribution >= 4 is 65.1 Å². The van der Waals surface area contributed by atoms with Crippen LogP contribution in [0, 0.1) is 0 Å². The van der Waals surface area contributed by atoms with Gasteiger partial charge in [0.15, 0.2) is 0 Å². The number of hydrogen-bond acceptors (Lipinski definition) is 6. The molecule has 2 rings (SSSR count). The maximum absolute atomic E-state index is 12.4. The molecule has 0 bridgehead atoms. The SMILES string of the molecule is CC(=O)Nc1cc(O)ccc1[As](=O)(O)OC(=O)C=Cc1ccc(Cl)s1. The molecule has 3 N–H and O–H groups in total. The van der Waals surface area contributed by atoms with Crippen molar-refractivity contribution in [3.63, 3.8) is 0 Å². The third-order valence-corrected chi connectivity index (χ3v) is 6.98. The second-order valence-corrected chi connectivity index (χ2v) is 10.1. The summed E-state index contributed by atoms with van der Waals surface area (Å²) >= 11 is 1.69. The molecule has 1 aromatic heterocycles. The summed E-state index contributed by atoms with van der Waals surface area (Å²) in [6, 6.07) is 6.69. The molecule has 0 spiro atoms. The molecule has 0 aliphatic rings. The van der Waals surface area contributed by atoms with Gasteiger partial charge >= 0.3 is 155 Å². The van der Waals surface area contributed by atoms with Crippen LogP contribution in [0.1, 0.15) is 11.8 Å². The molecule has 1 atom stereocenters. The predicted molar refractivity (Wildman–Crippen MR) is 95.2 cm³/mol. The molecule has 7 nitrogen and oxygen atoms in total. The van der Waals surface area contributed by atoms with Crippen molar-refractivity contribution in [2.75, 3.05) is 5.32 Å². The summed E-state index contributed by atoms with van der Waals surface area (Å²) in [6.45, 7) is 1.20. The molecule has 2 aromatic rings. The number of aromatic hydroxyl groups is 1. The molecule has 0 aliphatic carbocycles. The fourth-order valence-electron chi connectivity index (χ4n) is 1.83. The molecule has 25 heavy (non-hydrogen) atoms. The number of phenols is 1. The molecule has 0 aliphatic heterocycles. The molecular weight excluding hydrogens is 433 g/mol. The van der Waals surface area contributed by atoms with Crippen LogP contribution < -0.4 is 9.67 Å². The Hall–Kier alpha value is -1.99. The summed E-state index contributed by atoms with van der Waals surface area (Å²) in [5, 5.41) is 11.8. The quantitative estimate of drug-likeness (QED) is 0.478. The van der Waals surface area contributed by atoms with Gasteiger partial charge in [-0.2, -0.15) is 0 Å². The van der Waals surface area contributed by atoms with Crippen LogP contribution in [0.4, 0.5) is 5.69 Å². The number of benzene rings is 1. The molecule has 1 aromatic carbocycles. The first-order chi connectivity index (χ1) is 11.7. The van der Waals surface area contributed by atoms with Crippen LogP contribution in [0.2, 0.25) is 4.34 Å². The molecule has 0 saturated heterocycles. The summed E-state index contributed by atoms with van der Waals surface area (Å²) in [4.78, 5) is 23.7. The number of phenolic OH excluding ortho intramolecular Hbond substituents is 1. The number of thiophene rings is 1. The van der Waals surface area contributed by atoms with Crippen LogP contribution in [0.15, 0.2) is 36.4 Å². The number of hydrogen-bond donors (Lipinski definition) is 3. The Labute approximate surface area is 154 Å². The summed E-state index contributed by atoms with van der Waals surface area (Å²) in [7, 11) is 0. The van der Waals surface area contributed by atoms with Gasteiger partial charge in [-0.15, -0.1) is 0 Å². The zero-order valence-electron chi connectivity index (χ0n) is 12.8. The van der Waals surface area contributed by atoms with E-state index in [9.17, 15) is 22.5 Å². The Morgan fingerprint density at radius 2 is 2.04 bits per heavy atom. The van der Waals surface area contributed by atoms with E-state index in [1.165, 1.54) is 24.3 Å². The van der Waals surface area contributed by atoms with Crippen molar-refractivity contribution in [1.82, 2.24) is 0 Å². The number of amides is 1. The summed E-state index contributed by atoms with van der Waals surface area (Å²) in [5.74, 6) is -1.75. The number of rotatable bonds is 5. The first-order valence-corrected chi connectivity index (χ1v) is 11.3. The van der Waals surface area contributed by atoms with Gasteiger partial charge in [-0.25, -0.2) is 0 Å². The predicted octanol–water partition coefficient (Wildman–Crippen LogP) is 1.89. The number of halogens is 1. The van der Waals surface area contributed by atoms with E-state index in [-0.39, 0.29) is 15.8 Å². The van der Waals surface area contributed by atoms with Gasteiger partial charge in [-0.05, 0) is 0 Å². The molecule has 1 heterocycles. The Bertz CT molecular complexity index is 894. The first kappa shape index (κ1) is 19.3. The van der Waals surface area contributed by atoms with Crippen LogP contribution in [0.25, 0.3) is 6.08 Å². The Morgan fingerprint density at radius 3 is 2.64 bits per heavy atom. The van der Waals surface area contributed by atoms with E-state index in [0.717, 1.165) is 24.3 Å². The van der Waals surface area contributed by atoms with Gasteiger partial charge in [0.25, 0.3) is 0 Å². The first-order valence-electron chi connectivity index (χ1n) is 6.78. The summed E-state index contributed by atoms with van der Waals surface area (Å²) in [6.07, 6.45) is 2.41. The minimum absolute atomic E-state index is 0.0979. The second-order valence-electron chi connectivity index (χ2n) is 4.79. The maximum atomic E-state index is 12.4. The van der Waals surface area contributed by atoms with Crippen molar-refractivity contribution in [2.24, 2.45) is 0 Å². The third-order valence-electron chi connectivity index (χ3n) is 2.79. The monoisotopic (exact) mass is 445 g/mol. The molecular formula is C15H13AsClNO6S. The van der Waals surface area contributed by atoms with Crippen LogP contribution in [-0.4, -0.2) is 35.3 Å². The normalized spacial score (nSPS) is 13.4. The minimum atomic E-state index is -5.30. The average Bonchev–Trinajstić information content (AvgIpc) is 2.89. The molecule has 0 radical (unpaired) electrons. The number of carbonyl (C=O) groups is 2. The van der Waals surface area contributed by atoms with Gasteiger partial charge < -0.3 is 0 Å². The third kappa shape index (κ3) is 5.50. The molecule has 1 amide bonds. The van der Waals surface area contributed by atoms with E-state index >= 15 is 0 Å². The average molecular weight is 446 g/mol. The number of carbonyl (C=O) groups excluding carboxylic acids is 2. The second kappa shape index (κ2) is 7.93. The topological polar surface area (TPSA) is 113 Å². The van der Waals surface area contributed by atoms with Gasteiger partial charge in [-0.1, -0.05) is 0 Å². The zero-order valence-corrected chi connectivity index (χ0v) is 16.3. The van der Waals surface area contributed by atoms with Crippen molar-refractivity contribution in [3.05, 3.63) is 45.6 Å². The van der Waals surface area contributed by atoms with Gasteiger partial charge in [0.05, 0.1) is 0 Å². The van der Waals surface area contributed by atoms with Gasteiger partial charge in [0, 0.05) is 0 Å². The zero-order chi connectivity index (χ0) is 18.6. The van der Waals surface area contributed by atoms with E-state index in [1.54, 1.807) is 12.1 Å². The van der Waals surface area contributed by atoms with Crippen molar-refractivity contribution in [3.8, 4) is 5.75 Å².